The number of halogens is 2. The Morgan fingerprint density at radius 2 is 2.14 bits per heavy atom. The average Bonchev–Trinajstić information content (AvgIpc) is 2.71. The molecule has 8 heteroatoms. The van der Waals surface area contributed by atoms with Gasteiger partial charge in [-0.3, -0.25) is 14.5 Å². The normalized spacial score (nSPS) is 17.9. The van der Waals surface area contributed by atoms with Crippen LogP contribution in [-0.2, 0) is 9.59 Å². The van der Waals surface area contributed by atoms with Crippen molar-refractivity contribution >= 4 is 35.1 Å². The van der Waals surface area contributed by atoms with Crippen LogP contribution in [0.25, 0.3) is 0 Å². The number of imide groups is 1. The molecule has 2 N–H and O–H groups in total. The van der Waals surface area contributed by atoms with Crippen LogP contribution < -0.4 is 10.6 Å². The molecular formula is C14H15ClFN3O3. The maximum Gasteiger partial charge on any atom is 0.325 e. The van der Waals surface area contributed by atoms with Gasteiger partial charge in [-0.25, -0.2) is 9.18 Å². The minimum atomic E-state index is -0.624. The fourth-order valence-electron chi connectivity index (χ4n) is 2.06. The maximum absolute atomic E-state index is 13.0. The van der Waals surface area contributed by atoms with E-state index in [1.54, 1.807) is 13.8 Å². The molecule has 0 unspecified atom stereocenters. The summed E-state index contributed by atoms with van der Waals surface area (Å²) in [5.41, 5.74) is 0.281. The van der Waals surface area contributed by atoms with Crippen molar-refractivity contribution < 1.29 is 18.8 Å². The van der Waals surface area contributed by atoms with Crippen LogP contribution in [0.15, 0.2) is 18.2 Å². The van der Waals surface area contributed by atoms with Gasteiger partial charge in [0.15, 0.2) is 0 Å². The molecule has 6 nitrogen and oxygen atoms in total. The molecule has 1 aliphatic rings. The first-order valence-corrected chi connectivity index (χ1v) is 7.04. The molecule has 1 aromatic rings. The van der Waals surface area contributed by atoms with E-state index in [4.69, 9.17) is 11.6 Å². The molecule has 1 fully saturated rings. The molecule has 1 aromatic carbocycles. The second-order valence-corrected chi connectivity index (χ2v) is 5.68. The van der Waals surface area contributed by atoms with Crippen molar-refractivity contribution in [2.75, 3.05) is 11.9 Å². The van der Waals surface area contributed by atoms with Crippen molar-refractivity contribution in [3.05, 3.63) is 29.0 Å². The van der Waals surface area contributed by atoms with Gasteiger partial charge in [0.1, 0.15) is 18.4 Å². The zero-order chi connectivity index (χ0) is 16.4. The maximum atomic E-state index is 13.0. The lowest BCUT2D eigenvalue weighted by atomic mass is 10.1. The number of carbonyl (C=O) groups is 3. The summed E-state index contributed by atoms with van der Waals surface area (Å²) in [7, 11) is 0. The predicted octanol–water partition coefficient (Wildman–Crippen LogP) is 1.99. The van der Waals surface area contributed by atoms with Crippen molar-refractivity contribution in [3.63, 3.8) is 0 Å². The number of rotatable bonds is 4. The molecule has 22 heavy (non-hydrogen) atoms. The minimum absolute atomic E-state index is 0.0691. The Balaban J connectivity index is 2.01. The first kappa shape index (κ1) is 16.2. The van der Waals surface area contributed by atoms with Gasteiger partial charge in [-0.15, -0.1) is 0 Å². The first-order chi connectivity index (χ1) is 10.3. The number of benzene rings is 1. The number of nitrogens with one attached hydrogen (secondary N) is 2. The molecule has 2 rings (SSSR count). The van der Waals surface area contributed by atoms with Gasteiger partial charge >= 0.3 is 6.03 Å². The van der Waals surface area contributed by atoms with Crippen LogP contribution in [-0.4, -0.2) is 35.3 Å². The summed E-state index contributed by atoms with van der Waals surface area (Å²) in [4.78, 5) is 36.5. The van der Waals surface area contributed by atoms with E-state index in [9.17, 15) is 18.8 Å². The molecule has 0 bridgehead atoms. The predicted molar refractivity (Wildman–Crippen MR) is 78.9 cm³/mol. The molecule has 1 aliphatic heterocycles. The Morgan fingerprint density at radius 3 is 2.68 bits per heavy atom. The van der Waals surface area contributed by atoms with Gasteiger partial charge in [-0.1, -0.05) is 25.4 Å². The third-order valence-corrected chi connectivity index (χ3v) is 3.52. The van der Waals surface area contributed by atoms with Crippen LogP contribution in [0.1, 0.15) is 13.8 Å². The molecule has 0 spiro atoms. The largest absolute Gasteiger partial charge is 0.326 e. The third kappa shape index (κ3) is 3.36. The Labute approximate surface area is 131 Å². The van der Waals surface area contributed by atoms with E-state index in [0.717, 1.165) is 11.0 Å². The lowest BCUT2D eigenvalue weighted by Crippen LogP contribution is -2.39. The van der Waals surface area contributed by atoms with Crippen LogP contribution in [0.3, 0.4) is 0 Å². The highest BCUT2D eigenvalue weighted by atomic mass is 35.5. The van der Waals surface area contributed by atoms with Crippen molar-refractivity contribution in [2.24, 2.45) is 5.92 Å². The zero-order valence-corrected chi connectivity index (χ0v) is 12.8. The number of hydrogen-bond acceptors (Lipinski definition) is 3. The van der Waals surface area contributed by atoms with E-state index in [2.05, 4.69) is 10.6 Å². The SMILES string of the molecule is CC(C)[C@H]1NC(=O)N(CC(=O)Nc2ccc(F)c(Cl)c2)C1=O. The van der Waals surface area contributed by atoms with Gasteiger partial charge < -0.3 is 10.6 Å². The van der Waals surface area contributed by atoms with Crippen LogP contribution in [0.2, 0.25) is 5.02 Å². The Kier molecular flexibility index (Phi) is 4.65. The highest BCUT2D eigenvalue weighted by Gasteiger charge is 2.40. The molecular weight excluding hydrogens is 313 g/mol. The number of carbonyl (C=O) groups excluding carboxylic acids is 3. The molecule has 1 saturated heterocycles. The lowest BCUT2D eigenvalue weighted by Gasteiger charge is -2.14. The molecule has 0 radical (unpaired) electrons. The molecule has 118 valence electrons. The molecule has 0 aliphatic carbocycles. The minimum Gasteiger partial charge on any atom is -0.326 e. The summed E-state index contributed by atoms with van der Waals surface area (Å²) in [6, 6.07) is 2.47. The summed E-state index contributed by atoms with van der Waals surface area (Å²) in [6.07, 6.45) is 0. The standard InChI is InChI=1S/C14H15ClFN3O3/c1-7(2)12-13(21)19(14(22)18-12)6-11(20)17-8-3-4-10(16)9(15)5-8/h3-5,7,12H,6H2,1-2H3,(H,17,20)(H,18,22)/t12-/m1/s1. The Bertz CT molecular complexity index is 636. The second kappa shape index (κ2) is 6.31. The number of hydrogen-bond donors (Lipinski definition) is 2. The smallest absolute Gasteiger partial charge is 0.325 e. The van der Waals surface area contributed by atoms with E-state index in [0.29, 0.717) is 0 Å². The van der Waals surface area contributed by atoms with Crippen LogP contribution >= 0.6 is 11.6 Å². The highest BCUT2D eigenvalue weighted by molar-refractivity contribution is 6.31. The van der Waals surface area contributed by atoms with E-state index < -0.39 is 36.2 Å². The number of nitrogens with zero attached hydrogens (tertiary/aromatic N) is 1. The van der Waals surface area contributed by atoms with Crippen LogP contribution in [0.4, 0.5) is 14.9 Å². The van der Waals surface area contributed by atoms with Crippen molar-refractivity contribution in [1.82, 2.24) is 10.2 Å². The molecule has 0 aromatic heterocycles. The molecule has 0 saturated carbocycles. The summed E-state index contributed by atoms with van der Waals surface area (Å²) >= 11 is 5.61. The average molecular weight is 328 g/mol. The fraction of sp³-hybridized carbons (Fsp3) is 0.357. The quantitative estimate of drug-likeness (QED) is 0.830. The topological polar surface area (TPSA) is 78.5 Å². The molecule has 4 amide bonds. The second-order valence-electron chi connectivity index (χ2n) is 5.27. The fourth-order valence-corrected chi connectivity index (χ4v) is 2.24. The van der Waals surface area contributed by atoms with Gasteiger partial charge in [-0.05, 0) is 24.1 Å². The molecule has 1 atom stereocenters. The van der Waals surface area contributed by atoms with E-state index in [1.165, 1.54) is 12.1 Å². The lowest BCUT2D eigenvalue weighted by molar-refractivity contribution is -0.131. The van der Waals surface area contributed by atoms with E-state index >= 15 is 0 Å². The van der Waals surface area contributed by atoms with Crippen LogP contribution in [0.5, 0.6) is 0 Å². The summed E-state index contributed by atoms with van der Waals surface area (Å²) in [5.74, 6) is -1.68. The van der Waals surface area contributed by atoms with Gasteiger partial charge in [0, 0.05) is 5.69 Å². The summed E-state index contributed by atoms with van der Waals surface area (Å²) in [5, 5.41) is 4.85. The van der Waals surface area contributed by atoms with Crippen molar-refractivity contribution in [2.45, 2.75) is 19.9 Å². The summed E-state index contributed by atoms with van der Waals surface area (Å²) < 4.78 is 13.0. The first-order valence-electron chi connectivity index (χ1n) is 6.66. The number of urea groups is 1. The number of amides is 4. The third-order valence-electron chi connectivity index (χ3n) is 3.23. The van der Waals surface area contributed by atoms with Gasteiger partial charge in [0.2, 0.25) is 5.91 Å². The highest BCUT2D eigenvalue weighted by Crippen LogP contribution is 2.19. The monoisotopic (exact) mass is 327 g/mol. The molecule has 1 heterocycles. The van der Waals surface area contributed by atoms with Gasteiger partial charge in [0.05, 0.1) is 5.02 Å². The van der Waals surface area contributed by atoms with Gasteiger partial charge in [-0.2, -0.15) is 0 Å². The summed E-state index contributed by atoms with van der Waals surface area (Å²) in [6.45, 7) is 3.18. The van der Waals surface area contributed by atoms with Crippen molar-refractivity contribution in [3.8, 4) is 0 Å². The Hall–Kier alpha value is -2.15. The number of anilines is 1. The Morgan fingerprint density at radius 1 is 1.45 bits per heavy atom. The zero-order valence-electron chi connectivity index (χ0n) is 12.0. The van der Waals surface area contributed by atoms with Crippen molar-refractivity contribution in [1.29, 1.82) is 0 Å². The van der Waals surface area contributed by atoms with Crippen LogP contribution in [0, 0.1) is 11.7 Å². The van der Waals surface area contributed by atoms with E-state index in [1.807, 2.05) is 0 Å². The van der Waals surface area contributed by atoms with Gasteiger partial charge in [0.25, 0.3) is 5.91 Å². The van der Waals surface area contributed by atoms with E-state index in [-0.39, 0.29) is 16.6 Å².